The van der Waals surface area contributed by atoms with Crippen molar-refractivity contribution in [1.29, 1.82) is 0 Å². The van der Waals surface area contributed by atoms with Crippen LogP contribution in [0.25, 0.3) is 0 Å². The summed E-state index contributed by atoms with van der Waals surface area (Å²) in [5, 5.41) is 1.24. The average Bonchev–Trinajstić information content (AvgIpc) is 2.10. The molecule has 4 aliphatic rings. The molecule has 4 bridgehead atoms. The van der Waals surface area contributed by atoms with Crippen LogP contribution in [0.5, 0.6) is 0 Å². The molecule has 0 nitrogen and oxygen atoms in total. The molecule has 4 fully saturated rings. The zero-order valence-electron chi connectivity index (χ0n) is 8.21. The first-order valence-corrected chi connectivity index (χ1v) is 7.05. The van der Waals surface area contributed by atoms with Gasteiger partial charge in [0, 0.05) is 5.33 Å². The molecule has 1 heteroatoms. The van der Waals surface area contributed by atoms with Gasteiger partial charge in [-0.25, -0.2) is 0 Å². The Kier molecular flexibility index (Phi) is 2.19. The molecule has 0 spiro atoms. The van der Waals surface area contributed by atoms with Crippen LogP contribution in [-0.4, -0.2) is 5.33 Å². The Labute approximate surface area is 89.6 Å². The third kappa shape index (κ3) is 1.38. The molecule has 13 heavy (non-hydrogen) atoms. The summed E-state index contributed by atoms with van der Waals surface area (Å²) in [4.78, 5) is 0. The second-order valence-electron chi connectivity index (χ2n) is 5.57. The number of rotatable bonds is 2. The summed E-state index contributed by atoms with van der Waals surface area (Å²) in [6, 6.07) is 0. The molecule has 0 N–H and O–H groups in total. The van der Waals surface area contributed by atoms with E-state index in [0.717, 1.165) is 29.6 Å². The first-order chi connectivity index (χ1) is 6.36. The van der Waals surface area contributed by atoms with E-state index in [1.807, 2.05) is 0 Å². The Balaban J connectivity index is 1.77. The highest BCUT2D eigenvalue weighted by molar-refractivity contribution is 9.09. The summed E-state index contributed by atoms with van der Waals surface area (Å²) < 4.78 is 0. The predicted molar refractivity (Wildman–Crippen MR) is 58.9 cm³/mol. The fraction of sp³-hybridized carbons (Fsp3) is 1.00. The van der Waals surface area contributed by atoms with E-state index in [1.165, 1.54) is 11.8 Å². The number of halogens is 1. The van der Waals surface area contributed by atoms with Crippen LogP contribution in [0.2, 0.25) is 0 Å². The van der Waals surface area contributed by atoms with Crippen LogP contribution in [0.1, 0.15) is 38.5 Å². The van der Waals surface area contributed by atoms with Gasteiger partial charge in [0.15, 0.2) is 0 Å². The van der Waals surface area contributed by atoms with Crippen molar-refractivity contribution in [2.75, 3.05) is 5.33 Å². The van der Waals surface area contributed by atoms with Gasteiger partial charge in [-0.1, -0.05) is 15.9 Å². The first-order valence-electron chi connectivity index (χ1n) is 5.92. The molecule has 0 aromatic rings. The van der Waals surface area contributed by atoms with Crippen LogP contribution in [0.4, 0.5) is 0 Å². The minimum absolute atomic E-state index is 1.10. The van der Waals surface area contributed by atoms with Gasteiger partial charge in [-0.15, -0.1) is 0 Å². The maximum absolute atomic E-state index is 3.62. The average molecular weight is 243 g/mol. The van der Waals surface area contributed by atoms with Gasteiger partial charge < -0.3 is 0 Å². The van der Waals surface area contributed by atoms with Gasteiger partial charge in [-0.3, -0.25) is 0 Å². The molecule has 0 aromatic carbocycles. The van der Waals surface area contributed by atoms with Gasteiger partial charge in [0.2, 0.25) is 0 Å². The topological polar surface area (TPSA) is 0 Å². The molecule has 0 unspecified atom stereocenters. The van der Waals surface area contributed by atoms with Gasteiger partial charge in [-0.05, 0) is 68.1 Å². The van der Waals surface area contributed by atoms with E-state index < -0.39 is 0 Å². The summed E-state index contributed by atoms with van der Waals surface area (Å²) in [5.41, 5.74) is 0. The van der Waals surface area contributed by atoms with Crippen molar-refractivity contribution in [2.45, 2.75) is 38.5 Å². The molecule has 4 saturated carbocycles. The van der Waals surface area contributed by atoms with E-state index in [0.29, 0.717) is 0 Å². The van der Waals surface area contributed by atoms with E-state index in [2.05, 4.69) is 15.9 Å². The van der Waals surface area contributed by atoms with Gasteiger partial charge >= 0.3 is 0 Å². The second kappa shape index (κ2) is 3.25. The minimum Gasteiger partial charge on any atom is -0.0928 e. The fourth-order valence-corrected chi connectivity index (χ4v) is 5.16. The summed E-state index contributed by atoms with van der Waals surface area (Å²) in [5.74, 6) is 5.66. The SMILES string of the molecule is BrCCC1C2CC3CC(C2)CC1C3. The molecule has 0 aromatic heterocycles. The predicted octanol–water partition coefficient (Wildman–Crippen LogP) is 3.84. The Morgan fingerprint density at radius 2 is 1.38 bits per heavy atom. The standard InChI is InChI=1S/C12H19Br/c13-2-1-12-10-4-8-3-9(6-10)7-11(12)5-8/h8-12H,1-7H2. The van der Waals surface area contributed by atoms with Crippen molar-refractivity contribution in [3.05, 3.63) is 0 Å². The van der Waals surface area contributed by atoms with Crippen molar-refractivity contribution in [1.82, 2.24) is 0 Å². The van der Waals surface area contributed by atoms with Crippen molar-refractivity contribution >= 4 is 15.9 Å². The normalized spacial score (nSPS) is 52.8. The summed E-state index contributed by atoms with van der Waals surface area (Å²) in [6.45, 7) is 0. The summed E-state index contributed by atoms with van der Waals surface area (Å²) >= 11 is 3.62. The van der Waals surface area contributed by atoms with Gasteiger partial charge in [0.05, 0.1) is 0 Å². The second-order valence-corrected chi connectivity index (χ2v) is 6.37. The number of hydrogen-bond donors (Lipinski definition) is 0. The Morgan fingerprint density at radius 3 is 1.85 bits per heavy atom. The fourth-order valence-electron chi connectivity index (χ4n) is 4.64. The highest BCUT2D eigenvalue weighted by atomic mass is 79.9. The molecule has 4 aliphatic carbocycles. The summed E-state index contributed by atoms with van der Waals surface area (Å²) in [6.07, 6.45) is 9.40. The van der Waals surface area contributed by atoms with Crippen LogP contribution in [0, 0.1) is 29.6 Å². The van der Waals surface area contributed by atoms with Gasteiger partial charge in [-0.2, -0.15) is 0 Å². The van der Waals surface area contributed by atoms with Crippen LogP contribution < -0.4 is 0 Å². The highest BCUT2D eigenvalue weighted by Gasteiger charge is 2.47. The van der Waals surface area contributed by atoms with Crippen LogP contribution in [-0.2, 0) is 0 Å². The van der Waals surface area contributed by atoms with Crippen LogP contribution in [0.3, 0.4) is 0 Å². The molecule has 0 aliphatic heterocycles. The lowest BCUT2D eigenvalue weighted by atomic mass is 9.51. The Hall–Kier alpha value is 0.480. The maximum atomic E-state index is 3.62. The zero-order valence-corrected chi connectivity index (χ0v) is 9.80. The monoisotopic (exact) mass is 242 g/mol. The molecule has 0 amide bonds. The maximum Gasteiger partial charge on any atom is 0.00341 e. The molecular weight excluding hydrogens is 224 g/mol. The minimum atomic E-state index is 1.10. The van der Waals surface area contributed by atoms with E-state index >= 15 is 0 Å². The third-order valence-electron chi connectivity index (χ3n) is 4.86. The zero-order chi connectivity index (χ0) is 8.84. The molecule has 0 atom stereocenters. The lowest BCUT2D eigenvalue weighted by molar-refractivity contribution is -0.0370. The van der Waals surface area contributed by atoms with Gasteiger partial charge in [0.1, 0.15) is 0 Å². The molecular formula is C12H19Br. The lowest BCUT2D eigenvalue weighted by Gasteiger charge is -2.54. The molecule has 0 heterocycles. The smallest absolute Gasteiger partial charge is 0.00341 e. The lowest BCUT2D eigenvalue weighted by Crippen LogP contribution is -2.45. The van der Waals surface area contributed by atoms with E-state index in [1.54, 1.807) is 32.1 Å². The van der Waals surface area contributed by atoms with E-state index in [-0.39, 0.29) is 0 Å². The Bertz CT molecular complexity index is 171. The molecule has 4 rings (SSSR count). The largest absolute Gasteiger partial charge is 0.0928 e. The Morgan fingerprint density at radius 1 is 0.846 bits per heavy atom. The van der Waals surface area contributed by atoms with Crippen molar-refractivity contribution in [3.8, 4) is 0 Å². The molecule has 0 radical (unpaired) electrons. The third-order valence-corrected chi connectivity index (χ3v) is 5.32. The van der Waals surface area contributed by atoms with Crippen LogP contribution >= 0.6 is 15.9 Å². The molecule has 74 valence electrons. The van der Waals surface area contributed by atoms with Crippen molar-refractivity contribution in [2.24, 2.45) is 29.6 Å². The first kappa shape index (κ1) is 8.76. The van der Waals surface area contributed by atoms with E-state index in [4.69, 9.17) is 0 Å². The molecule has 0 saturated heterocycles. The van der Waals surface area contributed by atoms with Crippen LogP contribution in [0.15, 0.2) is 0 Å². The quantitative estimate of drug-likeness (QED) is 0.646. The van der Waals surface area contributed by atoms with Gasteiger partial charge in [0.25, 0.3) is 0 Å². The van der Waals surface area contributed by atoms with Crippen molar-refractivity contribution in [3.63, 3.8) is 0 Å². The van der Waals surface area contributed by atoms with Crippen molar-refractivity contribution < 1.29 is 0 Å². The van der Waals surface area contributed by atoms with E-state index in [9.17, 15) is 0 Å². The number of alkyl halides is 1. The summed E-state index contributed by atoms with van der Waals surface area (Å²) in [7, 11) is 0. The highest BCUT2D eigenvalue weighted by Crippen LogP contribution is 2.57. The number of hydrogen-bond acceptors (Lipinski definition) is 0.